The molecule has 0 atom stereocenters. The quantitative estimate of drug-likeness (QED) is 0.694. The summed E-state index contributed by atoms with van der Waals surface area (Å²) in [5, 5.41) is 8.75. The van der Waals surface area contributed by atoms with Crippen LogP contribution in [0.2, 0.25) is 0 Å². The average Bonchev–Trinajstić information content (AvgIpc) is 2.17. The monoisotopic (exact) mass is 175 g/mol. The maximum atomic E-state index is 8.75. The van der Waals surface area contributed by atoms with E-state index in [1.165, 1.54) is 0 Å². The van der Waals surface area contributed by atoms with Gasteiger partial charge in [-0.05, 0) is 25.1 Å². The molecule has 0 aromatic heterocycles. The molecule has 0 fully saturated rings. The van der Waals surface area contributed by atoms with Gasteiger partial charge in [-0.25, -0.2) is 0 Å². The third-order valence-electron chi connectivity index (χ3n) is 2.07. The van der Waals surface area contributed by atoms with Crippen LogP contribution in [0, 0.1) is 11.3 Å². The maximum absolute atomic E-state index is 8.75. The van der Waals surface area contributed by atoms with E-state index in [1.54, 1.807) is 12.1 Å². The summed E-state index contributed by atoms with van der Waals surface area (Å²) in [5.74, 6) is 0. The molecular weight excluding hydrogens is 162 g/mol. The molecule has 3 nitrogen and oxygen atoms in total. The molecular formula is C10H13N3. The van der Waals surface area contributed by atoms with Crippen molar-refractivity contribution < 1.29 is 0 Å². The first-order valence-corrected chi connectivity index (χ1v) is 4.19. The van der Waals surface area contributed by atoms with E-state index < -0.39 is 0 Å². The fourth-order valence-electron chi connectivity index (χ4n) is 1.06. The van der Waals surface area contributed by atoms with Gasteiger partial charge in [-0.15, -0.1) is 0 Å². The summed E-state index contributed by atoms with van der Waals surface area (Å²) in [6.45, 7) is 2.97. The highest BCUT2D eigenvalue weighted by Gasteiger charge is 2.02. The Labute approximate surface area is 78.4 Å². The van der Waals surface area contributed by atoms with Crippen LogP contribution in [0.5, 0.6) is 0 Å². The third kappa shape index (κ3) is 1.91. The number of hydrogen-bond donors (Lipinski definition) is 1. The first-order valence-electron chi connectivity index (χ1n) is 4.19. The van der Waals surface area contributed by atoms with Gasteiger partial charge in [0.15, 0.2) is 0 Å². The van der Waals surface area contributed by atoms with E-state index in [2.05, 4.69) is 17.9 Å². The zero-order chi connectivity index (χ0) is 9.84. The molecule has 13 heavy (non-hydrogen) atoms. The molecule has 0 bridgehead atoms. The SMILES string of the molecule is CCN(C)c1ccc(N)c(C#N)c1. The van der Waals surface area contributed by atoms with Crippen LogP contribution in [0.15, 0.2) is 18.2 Å². The van der Waals surface area contributed by atoms with Crippen molar-refractivity contribution in [1.82, 2.24) is 0 Å². The van der Waals surface area contributed by atoms with Crippen LogP contribution in [0.1, 0.15) is 12.5 Å². The van der Waals surface area contributed by atoms with Gasteiger partial charge in [0.2, 0.25) is 0 Å². The van der Waals surface area contributed by atoms with E-state index in [4.69, 9.17) is 11.0 Å². The molecule has 68 valence electrons. The first-order chi connectivity index (χ1) is 6.19. The molecule has 1 aromatic rings. The fraction of sp³-hybridized carbons (Fsp3) is 0.300. The molecule has 0 aliphatic rings. The van der Waals surface area contributed by atoms with Crippen molar-refractivity contribution in [1.29, 1.82) is 5.26 Å². The van der Waals surface area contributed by atoms with Crippen LogP contribution < -0.4 is 10.6 Å². The topological polar surface area (TPSA) is 53.0 Å². The Bertz CT molecular complexity index is 339. The van der Waals surface area contributed by atoms with Crippen molar-refractivity contribution in [2.75, 3.05) is 24.2 Å². The molecule has 0 aliphatic carbocycles. The summed E-state index contributed by atoms with van der Waals surface area (Å²) < 4.78 is 0. The van der Waals surface area contributed by atoms with Crippen LogP contribution in [-0.2, 0) is 0 Å². The predicted octanol–water partition coefficient (Wildman–Crippen LogP) is 1.60. The molecule has 0 amide bonds. The molecule has 0 saturated carbocycles. The highest BCUT2D eigenvalue weighted by molar-refractivity contribution is 5.62. The van der Waals surface area contributed by atoms with E-state index >= 15 is 0 Å². The maximum Gasteiger partial charge on any atom is 0.101 e. The van der Waals surface area contributed by atoms with Crippen LogP contribution in [0.25, 0.3) is 0 Å². The van der Waals surface area contributed by atoms with Gasteiger partial charge in [-0.3, -0.25) is 0 Å². The summed E-state index contributed by atoms with van der Waals surface area (Å²) in [5.41, 5.74) is 7.70. The Morgan fingerprint density at radius 2 is 2.23 bits per heavy atom. The minimum Gasteiger partial charge on any atom is -0.398 e. The van der Waals surface area contributed by atoms with E-state index in [0.717, 1.165) is 12.2 Å². The van der Waals surface area contributed by atoms with Crippen molar-refractivity contribution in [2.24, 2.45) is 0 Å². The Morgan fingerprint density at radius 1 is 1.54 bits per heavy atom. The lowest BCUT2D eigenvalue weighted by Crippen LogP contribution is -2.15. The molecule has 2 N–H and O–H groups in total. The Hall–Kier alpha value is -1.69. The second-order valence-electron chi connectivity index (χ2n) is 2.90. The van der Waals surface area contributed by atoms with Crippen molar-refractivity contribution in [3.8, 4) is 6.07 Å². The van der Waals surface area contributed by atoms with E-state index in [-0.39, 0.29) is 0 Å². The predicted molar refractivity (Wildman–Crippen MR) is 54.5 cm³/mol. The highest BCUT2D eigenvalue weighted by Crippen LogP contribution is 2.19. The summed E-state index contributed by atoms with van der Waals surface area (Å²) in [7, 11) is 1.98. The number of nitrogens with two attached hydrogens (primary N) is 1. The highest BCUT2D eigenvalue weighted by atomic mass is 15.1. The minimum absolute atomic E-state index is 0.538. The van der Waals surface area contributed by atoms with Crippen LogP contribution >= 0.6 is 0 Å². The average molecular weight is 175 g/mol. The van der Waals surface area contributed by atoms with Gasteiger partial charge in [-0.2, -0.15) is 5.26 Å². The lowest BCUT2D eigenvalue weighted by atomic mass is 10.1. The molecule has 3 heteroatoms. The van der Waals surface area contributed by atoms with Crippen LogP contribution in [0.4, 0.5) is 11.4 Å². The fourth-order valence-corrected chi connectivity index (χ4v) is 1.06. The Kier molecular flexibility index (Phi) is 2.76. The summed E-state index contributed by atoms with van der Waals surface area (Å²) in [4.78, 5) is 2.06. The third-order valence-corrected chi connectivity index (χ3v) is 2.07. The number of rotatable bonds is 2. The summed E-state index contributed by atoms with van der Waals surface area (Å²) in [6.07, 6.45) is 0. The lowest BCUT2D eigenvalue weighted by molar-refractivity contribution is 0.968. The molecule has 0 spiro atoms. The zero-order valence-electron chi connectivity index (χ0n) is 7.91. The molecule has 0 unspecified atom stereocenters. The van der Waals surface area contributed by atoms with E-state index in [1.807, 2.05) is 13.1 Å². The summed E-state index contributed by atoms with van der Waals surface area (Å²) >= 11 is 0. The van der Waals surface area contributed by atoms with Crippen LogP contribution in [0.3, 0.4) is 0 Å². The Balaban J connectivity index is 3.08. The van der Waals surface area contributed by atoms with Crippen LogP contribution in [-0.4, -0.2) is 13.6 Å². The van der Waals surface area contributed by atoms with Gasteiger partial charge >= 0.3 is 0 Å². The number of anilines is 2. The van der Waals surface area contributed by atoms with Gasteiger partial charge in [0, 0.05) is 25.0 Å². The van der Waals surface area contributed by atoms with Crippen molar-refractivity contribution >= 4 is 11.4 Å². The van der Waals surface area contributed by atoms with Crippen molar-refractivity contribution in [3.63, 3.8) is 0 Å². The number of nitrogen functional groups attached to an aromatic ring is 1. The molecule has 1 rings (SSSR count). The second kappa shape index (κ2) is 3.81. The number of nitrogens with zero attached hydrogens (tertiary/aromatic N) is 2. The summed E-state index contributed by atoms with van der Waals surface area (Å²) in [6, 6.07) is 7.55. The van der Waals surface area contributed by atoms with Gasteiger partial charge in [0.05, 0.1) is 5.56 Å². The number of benzene rings is 1. The standard InChI is InChI=1S/C10H13N3/c1-3-13(2)9-4-5-10(12)8(6-9)7-11/h4-6H,3,12H2,1-2H3. The number of hydrogen-bond acceptors (Lipinski definition) is 3. The zero-order valence-corrected chi connectivity index (χ0v) is 7.91. The van der Waals surface area contributed by atoms with E-state index in [0.29, 0.717) is 11.3 Å². The Morgan fingerprint density at radius 3 is 2.77 bits per heavy atom. The van der Waals surface area contributed by atoms with Gasteiger partial charge in [0.25, 0.3) is 0 Å². The minimum atomic E-state index is 0.538. The molecule has 0 aliphatic heterocycles. The first kappa shape index (κ1) is 9.40. The lowest BCUT2D eigenvalue weighted by Gasteiger charge is -2.17. The van der Waals surface area contributed by atoms with Crippen molar-refractivity contribution in [3.05, 3.63) is 23.8 Å². The molecule has 0 saturated heterocycles. The molecule has 0 heterocycles. The largest absolute Gasteiger partial charge is 0.398 e. The van der Waals surface area contributed by atoms with Gasteiger partial charge in [0.1, 0.15) is 6.07 Å². The smallest absolute Gasteiger partial charge is 0.101 e. The van der Waals surface area contributed by atoms with Gasteiger partial charge < -0.3 is 10.6 Å². The normalized spacial score (nSPS) is 9.31. The molecule has 0 radical (unpaired) electrons. The second-order valence-corrected chi connectivity index (χ2v) is 2.90. The van der Waals surface area contributed by atoms with Gasteiger partial charge in [-0.1, -0.05) is 0 Å². The molecule has 1 aromatic carbocycles. The number of nitriles is 1. The van der Waals surface area contributed by atoms with E-state index in [9.17, 15) is 0 Å². The van der Waals surface area contributed by atoms with Crippen molar-refractivity contribution in [2.45, 2.75) is 6.92 Å².